The van der Waals surface area contributed by atoms with Crippen LogP contribution in [0.15, 0.2) is 79.0 Å². The smallest absolute Gasteiger partial charge is 0.225 e. The van der Waals surface area contributed by atoms with Gasteiger partial charge >= 0.3 is 0 Å². The molecule has 4 rings (SSSR count). The van der Waals surface area contributed by atoms with E-state index in [1.54, 1.807) is 6.20 Å². The largest absolute Gasteiger partial charge is 0.311 e. The van der Waals surface area contributed by atoms with Gasteiger partial charge in [0.2, 0.25) is 5.91 Å². The van der Waals surface area contributed by atoms with Gasteiger partial charge in [-0.1, -0.05) is 72.8 Å². The van der Waals surface area contributed by atoms with Crippen molar-refractivity contribution in [2.45, 2.75) is 38.1 Å². The summed E-state index contributed by atoms with van der Waals surface area (Å²) in [6.45, 7) is 3.04. The number of amides is 1. The molecule has 0 spiro atoms. The highest BCUT2D eigenvalue weighted by Gasteiger charge is 2.22. The SMILES string of the molecule is O=C(CCCc1ccccc1)Nc1ccnn1C1CCN(C/C=C/c2ccccc2)CC1. The molecular formula is C27H32N4O. The van der Waals surface area contributed by atoms with Crippen molar-refractivity contribution in [3.63, 3.8) is 0 Å². The van der Waals surface area contributed by atoms with Crippen LogP contribution in [-0.2, 0) is 11.2 Å². The van der Waals surface area contributed by atoms with E-state index in [1.165, 1.54) is 11.1 Å². The number of rotatable bonds is 9. The molecule has 166 valence electrons. The number of carbonyl (C=O) groups excluding carboxylic acids is 1. The third kappa shape index (κ3) is 6.41. The Balaban J connectivity index is 1.21. The molecule has 0 atom stereocenters. The van der Waals surface area contributed by atoms with Crippen molar-refractivity contribution in [2.24, 2.45) is 0 Å². The number of nitrogens with one attached hydrogen (secondary N) is 1. The average Bonchev–Trinajstić information content (AvgIpc) is 3.29. The summed E-state index contributed by atoms with van der Waals surface area (Å²) >= 11 is 0. The summed E-state index contributed by atoms with van der Waals surface area (Å²) in [4.78, 5) is 14.9. The van der Waals surface area contributed by atoms with Gasteiger partial charge in [0.05, 0.1) is 12.2 Å². The first-order chi connectivity index (χ1) is 15.8. The number of aryl methyl sites for hydroxylation is 1. The number of hydrogen-bond acceptors (Lipinski definition) is 3. The van der Waals surface area contributed by atoms with Crippen LogP contribution in [0.4, 0.5) is 5.82 Å². The zero-order chi connectivity index (χ0) is 22.0. The van der Waals surface area contributed by atoms with E-state index >= 15 is 0 Å². The van der Waals surface area contributed by atoms with Gasteiger partial charge in [-0.3, -0.25) is 9.69 Å². The highest BCUT2D eigenvalue weighted by molar-refractivity contribution is 5.89. The molecule has 0 unspecified atom stereocenters. The molecule has 1 saturated heterocycles. The van der Waals surface area contributed by atoms with Gasteiger partial charge in [0, 0.05) is 32.1 Å². The predicted molar refractivity (Wildman–Crippen MR) is 130 cm³/mol. The fourth-order valence-electron chi connectivity index (χ4n) is 4.26. The number of carbonyl (C=O) groups is 1. The van der Waals surface area contributed by atoms with Crippen molar-refractivity contribution in [2.75, 3.05) is 25.0 Å². The summed E-state index contributed by atoms with van der Waals surface area (Å²) in [5, 5.41) is 7.59. The normalized spacial score (nSPS) is 15.2. The molecule has 1 aromatic heterocycles. The van der Waals surface area contributed by atoms with E-state index in [0.29, 0.717) is 12.5 Å². The summed E-state index contributed by atoms with van der Waals surface area (Å²) < 4.78 is 2.01. The number of likely N-dealkylation sites (tertiary alicyclic amines) is 1. The molecule has 2 heterocycles. The van der Waals surface area contributed by atoms with E-state index in [9.17, 15) is 4.79 Å². The number of anilines is 1. The minimum absolute atomic E-state index is 0.0613. The molecule has 1 aliphatic heterocycles. The molecule has 5 nitrogen and oxygen atoms in total. The van der Waals surface area contributed by atoms with Gasteiger partial charge in [0.25, 0.3) is 0 Å². The Morgan fingerprint density at radius 3 is 2.47 bits per heavy atom. The molecule has 1 N–H and O–H groups in total. The summed E-state index contributed by atoms with van der Waals surface area (Å²) in [7, 11) is 0. The molecule has 0 bridgehead atoms. The Morgan fingerprint density at radius 2 is 1.72 bits per heavy atom. The molecule has 2 aromatic carbocycles. The maximum atomic E-state index is 12.5. The zero-order valence-corrected chi connectivity index (χ0v) is 18.6. The summed E-state index contributed by atoms with van der Waals surface area (Å²) in [5.74, 6) is 0.878. The summed E-state index contributed by atoms with van der Waals surface area (Å²) in [5.41, 5.74) is 2.51. The van der Waals surface area contributed by atoms with Crippen molar-refractivity contribution in [3.8, 4) is 0 Å². The Bertz CT molecular complexity index is 989. The molecule has 1 aliphatic rings. The maximum Gasteiger partial charge on any atom is 0.225 e. The monoisotopic (exact) mass is 428 g/mol. The van der Waals surface area contributed by atoms with Crippen LogP contribution in [-0.4, -0.2) is 40.2 Å². The molecule has 3 aromatic rings. The van der Waals surface area contributed by atoms with E-state index in [4.69, 9.17) is 0 Å². The first-order valence-corrected chi connectivity index (χ1v) is 11.6. The predicted octanol–water partition coefficient (Wildman–Crippen LogP) is 5.19. The van der Waals surface area contributed by atoms with E-state index in [-0.39, 0.29) is 5.91 Å². The van der Waals surface area contributed by atoms with Gasteiger partial charge in [0.1, 0.15) is 5.82 Å². The second kappa shape index (κ2) is 11.4. The third-order valence-corrected chi connectivity index (χ3v) is 6.03. The summed E-state index contributed by atoms with van der Waals surface area (Å²) in [6.07, 6.45) is 10.6. The standard InChI is InChI=1S/C27H32N4O/c32-27(15-7-13-23-9-3-1-4-10-23)29-26-16-19-28-31(26)25-17-21-30(22-18-25)20-8-14-24-11-5-2-6-12-24/h1-6,8-12,14,16,19,25H,7,13,15,17-18,20-22H2,(H,29,32)/b14-8+. The topological polar surface area (TPSA) is 50.2 Å². The Hall–Kier alpha value is -3.18. The molecule has 1 fully saturated rings. The van der Waals surface area contributed by atoms with Crippen LogP contribution >= 0.6 is 0 Å². The lowest BCUT2D eigenvalue weighted by atomic mass is 10.1. The number of aromatic nitrogens is 2. The molecule has 32 heavy (non-hydrogen) atoms. The van der Waals surface area contributed by atoms with E-state index in [0.717, 1.165) is 51.1 Å². The number of hydrogen-bond donors (Lipinski definition) is 1. The lowest BCUT2D eigenvalue weighted by Gasteiger charge is -2.32. The molecule has 0 aliphatic carbocycles. The fraction of sp³-hybridized carbons (Fsp3) is 0.333. The van der Waals surface area contributed by atoms with Crippen LogP contribution in [0.1, 0.15) is 42.9 Å². The van der Waals surface area contributed by atoms with Crippen molar-refractivity contribution < 1.29 is 4.79 Å². The van der Waals surface area contributed by atoms with Crippen LogP contribution in [0, 0.1) is 0 Å². The van der Waals surface area contributed by atoms with Crippen LogP contribution in [0.25, 0.3) is 6.08 Å². The highest BCUT2D eigenvalue weighted by Crippen LogP contribution is 2.25. The minimum atomic E-state index is 0.0613. The quantitative estimate of drug-likeness (QED) is 0.510. The average molecular weight is 429 g/mol. The van der Waals surface area contributed by atoms with Crippen molar-refractivity contribution in [1.29, 1.82) is 0 Å². The fourth-order valence-corrected chi connectivity index (χ4v) is 4.26. The van der Waals surface area contributed by atoms with E-state index in [1.807, 2.05) is 35.0 Å². The highest BCUT2D eigenvalue weighted by atomic mass is 16.1. The second-order valence-electron chi connectivity index (χ2n) is 8.39. The maximum absolute atomic E-state index is 12.5. The summed E-state index contributed by atoms with van der Waals surface area (Å²) in [6, 6.07) is 23.0. The van der Waals surface area contributed by atoms with E-state index < -0.39 is 0 Å². The van der Waals surface area contributed by atoms with Gasteiger partial charge < -0.3 is 5.32 Å². The van der Waals surface area contributed by atoms with Crippen LogP contribution in [0.2, 0.25) is 0 Å². The first-order valence-electron chi connectivity index (χ1n) is 11.6. The third-order valence-electron chi connectivity index (χ3n) is 6.03. The molecule has 0 radical (unpaired) electrons. The molecule has 5 heteroatoms. The van der Waals surface area contributed by atoms with Gasteiger partial charge in [-0.15, -0.1) is 0 Å². The van der Waals surface area contributed by atoms with Crippen molar-refractivity contribution in [1.82, 2.24) is 14.7 Å². The van der Waals surface area contributed by atoms with Gasteiger partial charge in [-0.2, -0.15) is 5.10 Å². The lowest BCUT2D eigenvalue weighted by Crippen LogP contribution is -2.35. The van der Waals surface area contributed by atoms with Gasteiger partial charge in [-0.25, -0.2) is 4.68 Å². The minimum Gasteiger partial charge on any atom is -0.311 e. The molecule has 0 saturated carbocycles. The lowest BCUT2D eigenvalue weighted by molar-refractivity contribution is -0.116. The van der Waals surface area contributed by atoms with Crippen molar-refractivity contribution >= 4 is 17.8 Å². The molecule has 1 amide bonds. The second-order valence-corrected chi connectivity index (χ2v) is 8.39. The number of piperidine rings is 1. The number of benzene rings is 2. The Kier molecular flexibility index (Phi) is 7.88. The van der Waals surface area contributed by atoms with Crippen LogP contribution in [0.3, 0.4) is 0 Å². The molecular weight excluding hydrogens is 396 g/mol. The van der Waals surface area contributed by atoms with E-state index in [2.05, 4.69) is 63.9 Å². The Morgan fingerprint density at radius 1 is 1.00 bits per heavy atom. The number of nitrogens with zero attached hydrogens (tertiary/aromatic N) is 3. The van der Waals surface area contributed by atoms with Gasteiger partial charge in [-0.05, 0) is 36.8 Å². The van der Waals surface area contributed by atoms with Crippen LogP contribution in [0.5, 0.6) is 0 Å². The van der Waals surface area contributed by atoms with Gasteiger partial charge in [0.15, 0.2) is 0 Å². The van der Waals surface area contributed by atoms with Crippen molar-refractivity contribution in [3.05, 3.63) is 90.1 Å². The van der Waals surface area contributed by atoms with Crippen LogP contribution < -0.4 is 5.32 Å². The zero-order valence-electron chi connectivity index (χ0n) is 18.6. The Labute approximate surface area is 190 Å². The first kappa shape index (κ1) is 22.0.